The zero-order valence-corrected chi connectivity index (χ0v) is 15.6. The van der Waals surface area contributed by atoms with E-state index in [1.54, 1.807) is 0 Å². The van der Waals surface area contributed by atoms with Gasteiger partial charge in [-0.05, 0) is 42.3 Å². The number of nitrogens with zero attached hydrogens (tertiary/aromatic N) is 1. The Morgan fingerprint density at radius 3 is 2.25 bits per heavy atom. The van der Waals surface area contributed by atoms with Crippen molar-refractivity contribution >= 4 is 38.4 Å². The van der Waals surface area contributed by atoms with Crippen molar-refractivity contribution < 1.29 is 0 Å². The molecule has 3 heteroatoms. The van der Waals surface area contributed by atoms with Crippen LogP contribution in [0.1, 0.15) is 23.6 Å². The molecule has 0 bridgehead atoms. The van der Waals surface area contributed by atoms with Crippen LogP contribution in [0.2, 0.25) is 0 Å². The molecule has 1 heterocycles. The van der Waals surface area contributed by atoms with Gasteiger partial charge in [0.15, 0.2) is 0 Å². The number of hydrogen-bond donors (Lipinski definition) is 0. The van der Waals surface area contributed by atoms with Crippen molar-refractivity contribution in [1.82, 2.24) is 0 Å². The van der Waals surface area contributed by atoms with Gasteiger partial charge in [-0.2, -0.15) is 0 Å². The number of benzene rings is 3. The molecule has 0 radical (unpaired) electrons. The first kappa shape index (κ1) is 15.7. The highest BCUT2D eigenvalue weighted by Gasteiger charge is 2.40. The number of halogens is 1. The topological polar surface area (TPSA) is 12.4 Å². The first-order valence-electron chi connectivity index (χ1n) is 7.85. The summed E-state index contributed by atoms with van der Waals surface area (Å²) in [4.78, 5) is 4.92. The van der Waals surface area contributed by atoms with E-state index in [4.69, 9.17) is 4.99 Å². The molecule has 3 aromatic carbocycles. The van der Waals surface area contributed by atoms with Crippen molar-refractivity contribution in [2.24, 2.45) is 4.99 Å². The molecule has 1 atom stereocenters. The number of thioether (sulfide) groups is 1. The molecule has 0 fully saturated rings. The Hall–Kier alpha value is -1.84. The molecule has 0 aromatic heterocycles. The summed E-state index contributed by atoms with van der Waals surface area (Å²) < 4.78 is 0.964. The molecule has 1 nitrogen and oxygen atoms in total. The van der Waals surface area contributed by atoms with E-state index in [0.717, 1.165) is 15.2 Å². The van der Waals surface area contributed by atoms with Gasteiger partial charge < -0.3 is 0 Å². The van der Waals surface area contributed by atoms with Crippen LogP contribution >= 0.6 is 27.7 Å². The van der Waals surface area contributed by atoms with Gasteiger partial charge >= 0.3 is 0 Å². The zero-order chi connectivity index (χ0) is 16.6. The minimum Gasteiger partial charge on any atom is -0.241 e. The first-order valence-corrected chi connectivity index (χ1v) is 9.46. The van der Waals surface area contributed by atoms with Gasteiger partial charge in [0, 0.05) is 10.0 Å². The quantitative estimate of drug-likeness (QED) is 0.481. The maximum absolute atomic E-state index is 4.92. The highest BCUT2D eigenvalue weighted by molar-refractivity contribution is 9.10. The van der Waals surface area contributed by atoms with Crippen LogP contribution in [0.3, 0.4) is 0 Å². The van der Waals surface area contributed by atoms with Gasteiger partial charge in [0.1, 0.15) is 5.04 Å². The Balaban J connectivity index is 1.83. The van der Waals surface area contributed by atoms with Crippen LogP contribution in [0, 0.1) is 0 Å². The molecule has 1 unspecified atom stereocenters. The lowest BCUT2D eigenvalue weighted by molar-refractivity contribution is 0.850. The fraction of sp³-hybridized carbons (Fsp3) is 0.0952. The van der Waals surface area contributed by atoms with Gasteiger partial charge in [0.05, 0.1) is 10.4 Å². The summed E-state index contributed by atoms with van der Waals surface area (Å²) in [5.74, 6) is 0. The van der Waals surface area contributed by atoms with Crippen LogP contribution < -0.4 is 0 Å². The lowest BCUT2D eigenvalue weighted by Gasteiger charge is -2.24. The normalized spacial score (nSPS) is 21.0. The fourth-order valence-electron chi connectivity index (χ4n) is 3.08. The summed E-state index contributed by atoms with van der Waals surface area (Å²) in [7, 11) is 0. The number of aliphatic imine (C=N–C) groups is 1. The highest BCUT2D eigenvalue weighted by Crippen LogP contribution is 2.51. The maximum atomic E-state index is 4.92. The standard InChI is InChI=1S/C21H16BrNS/c1-21(15-7-3-2-4-8-15)19-10-6-5-9-18(19)20(24-21)23-17-13-11-16(22)12-14-17/h2-14H,1H3. The van der Waals surface area contributed by atoms with Crippen molar-refractivity contribution in [2.75, 3.05) is 0 Å². The van der Waals surface area contributed by atoms with E-state index in [-0.39, 0.29) is 4.75 Å². The summed E-state index contributed by atoms with van der Waals surface area (Å²) in [6, 6.07) is 27.4. The van der Waals surface area contributed by atoms with E-state index in [2.05, 4.69) is 77.5 Å². The zero-order valence-electron chi connectivity index (χ0n) is 13.2. The highest BCUT2D eigenvalue weighted by atomic mass is 79.9. The van der Waals surface area contributed by atoms with Crippen molar-refractivity contribution in [3.05, 3.63) is 100 Å². The molecule has 1 aliphatic heterocycles. The Bertz CT molecular complexity index is 903. The van der Waals surface area contributed by atoms with Gasteiger partial charge in [-0.1, -0.05) is 82.3 Å². The van der Waals surface area contributed by atoms with Crippen LogP contribution in [0.4, 0.5) is 5.69 Å². The van der Waals surface area contributed by atoms with E-state index in [1.807, 2.05) is 36.0 Å². The molecule has 0 saturated carbocycles. The van der Waals surface area contributed by atoms with E-state index in [1.165, 1.54) is 16.7 Å². The molecule has 0 saturated heterocycles. The predicted molar refractivity (Wildman–Crippen MR) is 107 cm³/mol. The summed E-state index contributed by atoms with van der Waals surface area (Å²) >= 11 is 5.31. The van der Waals surface area contributed by atoms with Gasteiger partial charge in [-0.3, -0.25) is 0 Å². The van der Waals surface area contributed by atoms with E-state index >= 15 is 0 Å². The van der Waals surface area contributed by atoms with Crippen molar-refractivity contribution in [1.29, 1.82) is 0 Å². The molecule has 3 aromatic rings. The molecule has 118 valence electrons. The summed E-state index contributed by atoms with van der Waals surface area (Å²) in [5, 5.41) is 1.08. The van der Waals surface area contributed by atoms with Crippen LogP contribution in [-0.4, -0.2) is 5.04 Å². The third kappa shape index (κ3) is 2.72. The summed E-state index contributed by atoms with van der Waals surface area (Å²) in [6.45, 7) is 2.29. The minimum absolute atomic E-state index is 0.105. The first-order chi connectivity index (χ1) is 11.7. The van der Waals surface area contributed by atoms with Gasteiger partial charge in [0.2, 0.25) is 0 Å². The molecule has 1 aliphatic rings. The molecule has 0 N–H and O–H groups in total. The average molecular weight is 394 g/mol. The monoisotopic (exact) mass is 393 g/mol. The summed E-state index contributed by atoms with van der Waals surface area (Å²) in [6.07, 6.45) is 0. The predicted octanol–water partition coefficient (Wildman–Crippen LogP) is 6.54. The fourth-order valence-corrected chi connectivity index (χ4v) is 4.71. The SMILES string of the molecule is CC1(c2ccccc2)SC(=Nc2ccc(Br)cc2)c2ccccc21. The Kier molecular flexibility index (Phi) is 4.07. The summed E-state index contributed by atoms with van der Waals surface area (Å²) in [5.41, 5.74) is 4.85. The van der Waals surface area contributed by atoms with Crippen LogP contribution in [-0.2, 0) is 4.75 Å². The third-order valence-corrected chi connectivity index (χ3v) is 6.25. The molecule has 0 spiro atoms. The maximum Gasteiger partial charge on any atom is 0.105 e. The largest absolute Gasteiger partial charge is 0.241 e. The molecule has 24 heavy (non-hydrogen) atoms. The number of hydrogen-bond acceptors (Lipinski definition) is 2. The van der Waals surface area contributed by atoms with Crippen LogP contribution in [0.25, 0.3) is 0 Å². The number of rotatable bonds is 2. The van der Waals surface area contributed by atoms with Crippen LogP contribution in [0.5, 0.6) is 0 Å². The van der Waals surface area contributed by atoms with Crippen LogP contribution in [0.15, 0.2) is 88.3 Å². The average Bonchev–Trinajstić information content (AvgIpc) is 2.92. The van der Waals surface area contributed by atoms with E-state index < -0.39 is 0 Å². The Labute approximate surface area is 155 Å². The lowest BCUT2D eigenvalue weighted by atomic mass is 9.89. The molecular formula is C21H16BrNS. The smallest absolute Gasteiger partial charge is 0.105 e. The van der Waals surface area contributed by atoms with Gasteiger partial charge in [-0.15, -0.1) is 0 Å². The van der Waals surface area contributed by atoms with Crippen molar-refractivity contribution in [3.8, 4) is 0 Å². The second kappa shape index (κ2) is 6.23. The molecule has 0 aliphatic carbocycles. The second-order valence-corrected chi connectivity index (χ2v) is 8.26. The van der Waals surface area contributed by atoms with Crippen molar-refractivity contribution in [3.63, 3.8) is 0 Å². The Morgan fingerprint density at radius 2 is 1.50 bits per heavy atom. The van der Waals surface area contributed by atoms with E-state index in [9.17, 15) is 0 Å². The lowest BCUT2D eigenvalue weighted by Crippen LogP contribution is -2.15. The van der Waals surface area contributed by atoms with Gasteiger partial charge in [-0.25, -0.2) is 4.99 Å². The molecule has 0 amide bonds. The molecule has 4 rings (SSSR count). The minimum atomic E-state index is -0.105. The second-order valence-electron chi connectivity index (χ2n) is 5.94. The third-order valence-electron chi connectivity index (χ3n) is 4.35. The van der Waals surface area contributed by atoms with Crippen molar-refractivity contribution in [2.45, 2.75) is 11.7 Å². The Morgan fingerprint density at radius 1 is 0.833 bits per heavy atom. The van der Waals surface area contributed by atoms with E-state index in [0.29, 0.717) is 0 Å². The van der Waals surface area contributed by atoms with Gasteiger partial charge in [0.25, 0.3) is 0 Å². The number of fused-ring (bicyclic) bond motifs is 1. The molecular weight excluding hydrogens is 378 g/mol.